The van der Waals surface area contributed by atoms with Gasteiger partial charge in [0.05, 0.1) is 11.4 Å². The summed E-state index contributed by atoms with van der Waals surface area (Å²) in [4.78, 5) is 12.5. The Balaban J connectivity index is 1.46. The lowest BCUT2D eigenvalue weighted by molar-refractivity contribution is 0.0967. The van der Waals surface area contributed by atoms with Crippen LogP contribution in [0.2, 0.25) is 0 Å². The number of fused-ring (bicyclic) bond motifs is 1. The molecule has 1 amide bonds. The van der Waals surface area contributed by atoms with Gasteiger partial charge in [-0.15, -0.1) is 11.3 Å². The molecule has 0 bridgehead atoms. The normalized spacial score (nSPS) is 11.0. The van der Waals surface area contributed by atoms with Crippen molar-refractivity contribution in [1.82, 2.24) is 10.6 Å². The van der Waals surface area contributed by atoms with Crippen molar-refractivity contribution in [1.29, 1.82) is 0 Å². The number of thiophene rings is 1. The Morgan fingerprint density at radius 3 is 2.67 bits per heavy atom. The molecule has 0 spiro atoms. The summed E-state index contributed by atoms with van der Waals surface area (Å²) in [6.45, 7) is 1.48. The van der Waals surface area contributed by atoms with Crippen LogP contribution in [-0.4, -0.2) is 13.0 Å². The molecule has 2 aromatic carbocycles. The van der Waals surface area contributed by atoms with Crippen LogP contribution in [0, 0.1) is 0 Å². The molecule has 4 aromatic rings. The maximum atomic E-state index is 11.8. The second kappa shape index (κ2) is 7.78. The number of nitrogens with one attached hydrogen (secondary N) is 2. The van der Waals surface area contributed by atoms with Gasteiger partial charge < -0.3 is 15.1 Å². The number of hydrogen-bond acceptors (Lipinski definition) is 4. The van der Waals surface area contributed by atoms with Gasteiger partial charge in [-0.2, -0.15) is 0 Å². The maximum Gasteiger partial charge on any atom is 0.261 e. The summed E-state index contributed by atoms with van der Waals surface area (Å²) in [7, 11) is 1.65. The third-order valence-corrected chi connectivity index (χ3v) is 5.50. The van der Waals surface area contributed by atoms with Gasteiger partial charge in [0.25, 0.3) is 5.91 Å². The summed E-state index contributed by atoms with van der Waals surface area (Å²) in [5, 5.41) is 7.12. The van der Waals surface area contributed by atoms with E-state index in [2.05, 4.69) is 28.8 Å². The fraction of sp³-hybridized carbons (Fsp3) is 0.136. The van der Waals surface area contributed by atoms with E-state index in [-0.39, 0.29) is 5.91 Å². The summed E-state index contributed by atoms with van der Waals surface area (Å²) in [5.41, 5.74) is 2.26. The molecule has 4 nitrogen and oxygen atoms in total. The minimum atomic E-state index is -0.0532. The van der Waals surface area contributed by atoms with Gasteiger partial charge in [-0.3, -0.25) is 4.79 Å². The van der Waals surface area contributed by atoms with E-state index < -0.39 is 0 Å². The van der Waals surface area contributed by atoms with Crippen molar-refractivity contribution in [3.8, 4) is 11.3 Å². The van der Waals surface area contributed by atoms with Crippen molar-refractivity contribution in [2.45, 2.75) is 13.1 Å². The SMILES string of the molecule is CNC(=O)c1cc2cc(-c3ccc(CNCc4ccccc4)o3)ccc2s1. The van der Waals surface area contributed by atoms with Gasteiger partial charge in [-0.25, -0.2) is 0 Å². The molecule has 136 valence electrons. The van der Waals surface area contributed by atoms with E-state index in [1.807, 2.05) is 48.5 Å². The molecular weight excluding hydrogens is 356 g/mol. The van der Waals surface area contributed by atoms with E-state index in [0.717, 1.165) is 38.6 Å². The zero-order valence-corrected chi connectivity index (χ0v) is 15.8. The highest BCUT2D eigenvalue weighted by Crippen LogP contribution is 2.31. The second-order valence-electron chi connectivity index (χ2n) is 6.30. The number of carbonyl (C=O) groups excluding carboxylic acids is 1. The Bertz CT molecular complexity index is 1070. The lowest BCUT2D eigenvalue weighted by Crippen LogP contribution is -2.15. The fourth-order valence-electron chi connectivity index (χ4n) is 2.99. The topological polar surface area (TPSA) is 54.3 Å². The van der Waals surface area contributed by atoms with Gasteiger partial charge in [0.15, 0.2) is 0 Å². The summed E-state index contributed by atoms with van der Waals surface area (Å²) < 4.78 is 7.08. The van der Waals surface area contributed by atoms with Gasteiger partial charge in [0, 0.05) is 23.9 Å². The molecule has 0 saturated heterocycles. The Morgan fingerprint density at radius 1 is 1.00 bits per heavy atom. The quantitative estimate of drug-likeness (QED) is 0.508. The van der Waals surface area contributed by atoms with Crippen LogP contribution < -0.4 is 10.6 Å². The smallest absolute Gasteiger partial charge is 0.261 e. The number of benzene rings is 2. The summed E-state index contributed by atoms with van der Waals surface area (Å²) in [6, 6.07) is 22.4. The molecule has 0 aliphatic heterocycles. The predicted molar refractivity (Wildman–Crippen MR) is 110 cm³/mol. The molecule has 4 rings (SSSR count). The highest BCUT2D eigenvalue weighted by molar-refractivity contribution is 7.20. The molecule has 5 heteroatoms. The van der Waals surface area contributed by atoms with Crippen molar-refractivity contribution in [3.05, 3.63) is 82.9 Å². The Hall–Kier alpha value is -2.89. The Morgan fingerprint density at radius 2 is 1.85 bits per heavy atom. The lowest BCUT2D eigenvalue weighted by atomic mass is 10.1. The van der Waals surface area contributed by atoms with E-state index in [0.29, 0.717) is 6.54 Å². The first-order valence-corrected chi connectivity index (χ1v) is 9.64. The first-order chi connectivity index (χ1) is 13.2. The minimum Gasteiger partial charge on any atom is -0.460 e. The van der Waals surface area contributed by atoms with Crippen LogP contribution in [0.5, 0.6) is 0 Å². The van der Waals surface area contributed by atoms with Gasteiger partial charge in [0.1, 0.15) is 11.5 Å². The number of carbonyl (C=O) groups is 1. The molecule has 0 saturated carbocycles. The molecule has 0 unspecified atom stereocenters. The standard InChI is InChI=1S/C22H20N2O2S/c1-23-22(25)21-12-17-11-16(7-10-20(17)27-21)19-9-8-18(26-19)14-24-13-15-5-3-2-4-6-15/h2-12,24H,13-14H2,1H3,(H,23,25). The van der Waals surface area contributed by atoms with Crippen LogP contribution in [0.4, 0.5) is 0 Å². The van der Waals surface area contributed by atoms with Gasteiger partial charge in [0.2, 0.25) is 0 Å². The molecule has 2 N–H and O–H groups in total. The van der Waals surface area contributed by atoms with Gasteiger partial charge in [-0.05, 0) is 47.3 Å². The van der Waals surface area contributed by atoms with E-state index >= 15 is 0 Å². The Kier molecular flexibility index (Phi) is 5.05. The van der Waals surface area contributed by atoms with Crippen molar-refractivity contribution in [3.63, 3.8) is 0 Å². The van der Waals surface area contributed by atoms with Gasteiger partial charge >= 0.3 is 0 Å². The van der Waals surface area contributed by atoms with Crippen LogP contribution in [0.1, 0.15) is 21.0 Å². The summed E-state index contributed by atoms with van der Waals surface area (Å²) in [6.07, 6.45) is 0. The zero-order chi connectivity index (χ0) is 18.6. The molecular formula is C22H20N2O2S. The van der Waals surface area contributed by atoms with Crippen molar-refractivity contribution in [2.75, 3.05) is 7.05 Å². The van der Waals surface area contributed by atoms with Crippen LogP contribution in [0.3, 0.4) is 0 Å². The highest BCUT2D eigenvalue weighted by atomic mass is 32.1. The molecule has 2 heterocycles. The number of rotatable bonds is 6. The molecule has 0 aliphatic rings. The van der Waals surface area contributed by atoms with Crippen LogP contribution in [-0.2, 0) is 13.1 Å². The minimum absolute atomic E-state index is 0.0532. The monoisotopic (exact) mass is 376 g/mol. The van der Waals surface area contributed by atoms with Crippen molar-refractivity contribution < 1.29 is 9.21 Å². The van der Waals surface area contributed by atoms with E-state index in [1.54, 1.807) is 7.05 Å². The first kappa shape index (κ1) is 17.5. The third-order valence-electron chi connectivity index (χ3n) is 4.38. The van der Waals surface area contributed by atoms with Crippen LogP contribution in [0.15, 0.2) is 71.1 Å². The second-order valence-corrected chi connectivity index (χ2v) is 7.38. The predicted octanol–water partition coefficient (Wildman–Crippen LogP) is 4.81. The average Bonchev–Trinajstić information content (AvgIpc) is 3.34. The van der Waals surface area contributed by atoms with Crippen LogP contribution >= 0.6 is 11.3 Å². The van der Waals surface area contributed by atoms with Crippen molar-refractivity contribution in [2.24, 2.45) is 0 Å². The zero-order valence-electron chi connectivity index (χ0n) is 15.0. The number of amides is 1. The first-order valence-electron chi connectivity index (χ1n) is 8.82. The molecule has 27 heavy (non-hydrogen) atoms. The lowest BCUT2D eigenvalue weighted by Gasteiger charge is -2.03. The Labute approximate surface area is 161 Å². The van der Waals surface area contributed by atoms with E-state index in [9.17, 15) is 4.79 Å². The van der Waals surface area contributed by atoms with Crippen LogP contribution in [0.25, 0.3) is 21.4 Å². The fourth-order valence-corrected chi connectivity index (χ4v) is 3.98. The third kappa shape index (κ3) is 3.94. The van der Waals surface area contributed by atoms with Crippen molar-refractivity contribution >= 4 is 27.3 Å². The average molecular weight is 376 g/mol. The summed E-state index contributed by atoms with van der Waals surface area (Å²) >= 11 is 1.50. The molecule has 0 fully saturated rings. The number of furan rings is 1. The molecule has 0 aliphatic carbocycles. The van der Waals surface area contributed by atoms with Gasteiger partial charge in [-0.1, -0.05) is 30.3 Å². The molecule has 2 aromatic heterocycles. The maximum absolute atomic E-state index is 11.8. The molecule has 0 radical (unpaired) electrons. The summed E-state index contributed by atoms with van der Waals surface area (Å²) in [5.74, 6) is 1.68. The van der Waals surface area contributed by atoms with E-state index in [4.69, 9.17) is 4.42 Å². The highest BCUT2D eigenvalue weighted by Gasteiger charge is 2.11. The van der Waals surface area contributed by atoms with E-state index in [1.165, 1.54) is 16.9 Å². The largest absolute Gasteiger partial charge is 0.460 e. The number of hydrogen-bond donors (Lipinski definition) is 2. The molecule has 0 atom stereocenters.